The van der Waals surface area contributed by atoms with Crippen LogP contribution in [0.2, 0.25) is 0 Å². The van der Waals surface area contributed by atoms with Gasteiger partial charge in [-0.05, 0) is 37.3 Å². The van der Waals surface area contributed by atoms with Crippen molar-refractivity contribution in [3.8, 4) is 0 Å². The molecule has 2 aliphatic rings. The zero-order valence-electron chi connectivity index (χ0n) is 9.50. The van der Waals surface area contributed by atoms with Crippen molar-refractivity contribution in [2.75, 3.05) is 6.54 Å². The Morgan fingerprint density at radius 3 is 2.76 bits per heavy atom. The Kier molecular flexibility index (Phi) is 2.53. The van der Waals surface area contributed by atoms with Gasteiger partial charge in [-0.25, -0.2) is 8.42 Å². The maximum Gasteiger partial charge on any atom is 0.276 e. The average Bonchev–Trinajstić information content (AvgIpc) is 3.04. The predicted octanol–water partition coefficient (Wildman–Crippen LogP) is 0.911. The maximum atomic E-state index is 12.3. The first-order valence-electron chi connectivity index (χ1n) is 5.92. The summed E-state index contributed by atoms with van der Waals surface area (Å²) in [6.07, 6.45) is 3.14. The van der Waals surface area contributed by atoms with Crippen molar-refractivity contribution in [3.63, 3.8) is 0 Å². The van der Waals surface area contributed by atoms with Crippen LogP contribution in [0.5, 0.6) is 0 Å². The number of furan rings is 1. The molecule has 1 aromatic heterocycles. The fourth-order valence-corrected chi connectivity index (χ4v) is 4.57. The number of hydrogen-bond acceptors (Lipinski definition) is 4. The van der Waals surface area contributed by atoms with Gasteiger partial charge in [0.2, 0.25) is 5.09 Å². The molecule has 0 spiro atoms. The third-order valence-electron chi connectivity index (χ3n) is 3.76. The molecular formula is C11H16N2O3S. The highest BCUT2D eigenvalue weighted by molar-refractivity contribution is 7.89. The molecule has 1 aromatic rings. The van der Waals surface area contributed by atoms with Crippen molar-refractivity contribution in [2.45, 2.75) is 36.9 Å². The van der Waals surface area contributed by atoms with E-state index in [2.05, 4.69) is 0 Å². The van der Waals surface area contributed by atoms with Gasteiger partial charge in [0.25, 0.3) is 10.0 Å². The van der Waals surface area contributed by atoms with Gasteiger partial charge in [0.1, 0.15) is 5.76 Å². The molecule has 2 bridgehead atoms. The molecule has 2 heterocycles. The fraction of sp³-hybridized carbons (Fsp3) is 0.636. The highest BCUT2D eigenvalue weighted by Crippen LogP contribution is 2.40. The second-order valence-corrected chi connectivity index (χ2v) is 6.65. The lowest BCUT2D eigenvalue weighted by molar-refractivity contribution is 0.317. The van der Waals surface area contributed by atoms with Gasteiger partial charge in [-0.15, -0.1) is 0 Å². The summed E-state index contributed by atoms with van der Waals surface area (Å²) in [7, 11) is -3.45. The van der Waals surface area contributed by atoms with Gasteiger partial charge in [-0.1, -0.05) is 0 Å². The van der Waals surface area contributed by atoms with Gasteiger partial charge in [0.05, 0.1) is 6.54 Å². The molecule has 94 valence electrons. The van der Waals surface area contributed by atoms with E-state index < -0.39 is 10.0 Å². The molecule has 17 heavy (non-hydrogen) atoms. The summed E-state index contributed by atoms with van der Waals surface area (Å²) < 4.78 is 31.6. The second kappa shape index (κ2) is 3.83. The van der Waals surface area contributed by atoms with Crippen LogP contribution in [-0.2, 0) is 16.6 Å². The first-order chi connectivity index (χ1) is 8.11. The minimum atomic E-state index is -3.45. The summed E-state index contributed by atoms with van der Waals surface area (Å²) in [5, 5.41) is 0.0329. The molecule has 2 N–H and O–H groups in total. The van der Waals surface area contributed by atoms with E-state index in [0.717, 1.165) is 19.3 Å². The van der Waals surface area contributed by atoms with Crippen molar-refractivity contribution < 1.29 is 12.8 Å². The molecule has 0 radical (unpaired) electrons. The average molecular weight is 256 g/mol. The number of nitrogens with two attached hydrogens (primary N) is 1. The molecule has 0 aromatic carbocycles. The Morgan fingerprint density at radius 1 is 1.41 bits per heavy atom. The normalized spacial score (nSPS) is 29.0. The number of rotatable bonds is 3. The monoisotopic (exact) mass is 256 g/mol. The molecule has 0 amide bonds. The molecule has 1 saturated carbocycles. The van der Waals surface area contributed by atoms with Crippen LogP contribution in [0.15, 0.2) is 21.6 Å². The van der Waals surface area contributed by atoms with Gasteiger partial charge in [-0.2, -0.15) is 4.31 Å². The van der Waals surface area contributed by atoms with Gasteiger partial charge >= 0.3 is 0 Å². The SMILES string of the molecule is NCc1ccc(S(=O)(=O)N2CC3CCC2C3)o1. The molecule has 2 fully saturated rings. The van der Waals surface area contributed by atoms with Crippen molar-refractivity contribution in [1.82, 2.24) is 4.31 Å². The summed E-state index contributed by atoms with van der Waals surface area (Å²) in [6, 6.07) is 3.31. The molecule has 1 aliphatic heterocycles. The van der Waals surface area contributed by atoms with Gasteiger partial charge in [-0.3, -0.25) is 0 Å². The van der Waals surface area contributed by atoms with Crippen LogP contribution < -0.4 is 5.73 Å². The first-order valence-corrected chi connectivity index (χ1v) is 7.36. The number of sulfonamides is 1. The number of nitrogens with zero attached hydrogens (tertiary/aromatic N) is 1. The number of fused-ring (bicyclic) bond motifs is 2. The van der Waals surface area contributed by atoms with Crippen molar-refractivity contribution in [2.24, 2.45) is 11.7 Å². The quantitative estimate of drug-likeness (QED) is 0.872. The molecule has 5 nitrogen and oxygen atoms in total. The lowest BCUT2D eigenvalue weighted by Crippen LogP contribution is -2.37. The summed E-state index contributed by atoms with van der Waals surface area (Å²) >= 11 is 0. The number of hydrogen-bond donors (Lipinski definition) is 1. The Balaban J connectivity index is 1.90. The fourth-order valence-electron chi connectivity index (χ4n) is 2.90. The maximum absolute atomic E-state index is 12.3. The minimum absolute atomic E-state index is 0.0329. The summed E-state index contributed by atoms with van der Waals surface area (Å²) in [4.78, 5) is 0. The van der Waals surface area contributed by atoms with Crippen LogP contribution in [0.4, 0.5) is 0 Å². The summed E-state index contributed by atoms with van der Waals surface area (Å²) in [6.45, 7) is 0.868. The third kappa shape index (κ3) is 1.71. The minimum Gasteiger partial charge on any atom is -0.447 e. The highest BCUT2D eigenvalue weighted by Gasteiger charge is 2.45. The van der Waals surface area contributed by atoms with Crippen LogP contribution in [-0.4, -0.2) is 25.3 Å². The van der Waals surface area contributed by atoms with E-state index in [0.29, 0.717) is 18.2 Å². The first kappa shape index (κ1) is 11.3. The van der Waals surface area contributed by atoms with Gasteiger partial charge in [0, 0.05) is 12.6 Å². The van der Waals surface area contributed by atoms with Gasteiger partial charge in [0.15, 0.2) is 0 Å². The third-order valence-corrected chi connectivity index (χ3v) is 5.55. The van der Waals surface area contributed by atoms with E-state index >= 15 is 0 Å². The van der Waals surface area contributed by atoms with Crippen molar-refractivity contribution >= 4 is 10.0 Å². The van der Waals surface area contributed by atoms with Crippen LogP contribution in [0.25, 0.3) is 0 Å². The molecule has 2 atom stereocenters. The lowest BCUT2D eigenvalue weighted by atomic mass is 10.1. The molecule has 1 aliphatic carbocycles. The van der Waals surface area contributed by atoms with Gasteiger partial charge < -0.3 is 10.2 Å². The lowest BCUT2D eigenvalue weighted by Gasteiger charge is -2.24. The Bertz CT molecular complexity index is 523. The summed E-state index contributed by atoms with van der Waals surface area (Å²) in [5.41, 5.74) is 5.42. The molecule has 1 saturated heterocycles. The highest BCUT2D eigenvalue weighted by atomic mass is 32.2. The zero-order valence-corrected chi connectivity index (χ0v) is 10.3. The Labute approximate surface area is 101 Å². The van der Waals surface area contributed by atoms with E-state index in [1.807, 2.05) is 0 Å². The van der Waals surface area contributed by atoms with E-state index in [4.69, 9.17) is 10.2 Å². The molecule has 6 heteroatoms. The molecule has 2 unspecified atom stereocenters. The largest absolute Gasteiger partial charge is 0.447 e. The van der Waals surface area contributed by atoms with E-state index in [9.17, 15) is 8.42 Å². The molecule has 3 rings (SSSR count). The van der Waals surface area contributed by atoms with E-state index in [1.54, 1.807) is 10.4 Å². The van der Waals surface area contributed by atoms with Crippen LogP contribution >= 0.6 is 0 Å². The predicted molar refractivity (Wildman–Crippen MR) is 61.6 cm³/mol. The van der Waals surface area contributed by atoms with Crippen LogP contribution in [0.3, 0.4) is 0 Å². The topological polar surface area (TPSA) is 76.5 Å². The summed E-state index contributed by atoms with van der Waals surface area (Å²) in [5.74, 6) is 1.05. The molecular weight excluding hydrogens is 240 g/mol. The standard InChI is InChI=1S/C11H16N2O3S/c12-6-10-3-4-11(16-10)17(14,15)13-7-8-1-2-9(13)5-8/h3-4,8-9H,1-2,5-7,12H2. The number of piperidine rings is 1. The van der Waals surface area contributed by atoms with E-state index in [-0.39, 0.29) is 17.7 Å². The van der Waals surface area contributed by atoms with Crippen LogP contribution in [0.1, 0.15) is 25.0 Å². The Morgan fingerprint density at radius 2 is 2.24 bits per heavy atom. The zero-order chi connectivity index (χ0) is 12.0. The van der Waals surface area contributed by atoms with Crippen molar-refractivity contribution in [1.29, 1.82) is 0 Å². The van der Waals surface area contributed by atoms with E-state index in [1.165, 1.54) is 6.07 Å². The van der Waals surface area contributed by atoms with Crippen molar-refractivity contribution in [3.05, 3.63) is 17.9 Å². The second-order valence-electron chi connectivity index (χ2n) is 4.83. The smallest absolute Gasteiger partial charge is 0.276 e. The van der Waals surface area contributed by atoms with Crippen LogP contribution in [0, 0.1) is 5.92 Å². The Hall–Kier alpha value is -0.850.